The fraction of sp³-hybridized carbons (Fsp3) is 0.227. The zero-order valence-electron chi connectivity index (χ0n) is 17.0. The molecule has 1 heterocycles. The van der Waals surface area contributed by atoms with Crippen LogP contribution >= 0.6 is 11.8 Å². The Morgan fingerprint density at radius 2 is 1.84 bits per heavy atom. The van der Waals surface area contributed by atoms with Crippen LogP contribution in [0.5, 0.6) is 0 Å². The number of carbonyl (C=O) groups is 1. The summed E-state index contributed by atoms with van der Waals surface area (Å²) in [6.45, 7) is 1.66. The summed E-state index contributed by atoms with van der Waals surface area (Å²) in [5.74, 6) is 0.895. The lowest BCUT2D eigenvalue weighted by Gasteiger charge is -2.24. The van der Waals surface area contributed by atoms with E-state index in [9.17, 15) is 17.6 Å². The van der Waals surface area contributed by atoms with Gasteiger partial charge in [0.15, 0.2) is 0 Å². The van der Waals surface area contributed by atoms with Gasteiger partial charge in [0.25, 0.3) is 10.0 Å². The number of anilines is 1. The minimum Gasteiger partial charge on any atom is -0.468 e. The maximum Gasteiger partial charge on any atom is 0.264 e. The lowest BCUT2D eigenvalue weighted by Crippen LogP contribution is -2.41. The maximum atomic E-state index is 14.4. The Hall–Kier alpha value is -2.78. The molecule has 1 amide bonds. The first-order chi connectivity index (χ1) is 14.9. The van der Waals surface area contributed by atoms with Crippen LogP contribution in [0.4, 0.5) is 10.1 Å². The average molecular weight is 463 g/mol. The second-order valence-electron chi connectivity index (χ2n) is 6.76. The van der Waals surface area contributed by atoms with Crippen molar-refractivity contribution in [2.75, 3.05) is 23.1 Å². The normalized spacial score (nSPS) is 11.3. The molecule has 1 N–H and O–H groups in total. The van der Waals surface area contributed by atoms with E-state index >= 15 is 0 Å². The molecule has 3 aromatic rings. The Balaban J connectivity index is 1.69. The fourth-order valence-electron chi connectivity index (χ4n) is 2.81. The molecule has 0 radical (unpaired) electrons. The molecule has 0 spiro atoms. The van der Waals surface area contributed by atoms with Crippen molar-refractivity contribution in [2.24, 2.45) is 0 Å². The van der Waals surface area contributed by atoms with Crippen molar-refractivity contribution in [2.45, 2.75) is 17.6 Å². The van der Waals surface area contributed by atoms with Crippen molar-refractivity contribution in [1.29, 1.82) is 0 Å². The van der Waals surface area contributed by atoms with Crippen LogP contribution in [-0.4, -0.2) is 33.2 Å². The number of nitrogens with one attached hydrogen (secondary N) is 1. The predicted molar refractivity (Wildman–Crippen MR) is 120 cm³/mol. The summed E-state index contributed by atoms with van der Waals surface area (Å²) in [7, 11) is -4.14. The van der Waals surface area contributed by atoms with Gasteiger partial charge in [-0.1, -0.05) is 29.8 Å². The van der Waals surface area contributed by atoms with Crippen LogP contribution in [0.25, 0.3) is 0 Å². The van der Waals surface area contributed by atoms with E-state index in [1.54, 1.807) is 30.2 Å². The van der Waals surface area contributed by atoms with Crippen molar-refractivity contribution >= 4 is 33.4 Å². The highest BCUT2D eigenvalue weighted by atomic mass is 32.2. The summed E-state index contributed by atoms with van der Waals surface area (Å²) in [5, 5.41) is 2.70. The van der Waals surface area contributed by atoms with Gasteiger partial charge < -0.3 is 9.73 Å². The lowest BCUT2D eigenvalue weighted by atomic mass is 10.2. The van der Waals surface area contributed by atoms with E-state index in [0.29, 0.717) is 18.1 Å². The van der Waals surface area contributed by atoms with Gasteiger partial charge in [0, 0.05) is 12.3 Å². The van der Waals surface area contributed by atoms with Crippen LogP contribution in [0.1, 0.15) is 11.3 Å². The van der Waals surface area contributed by atoms with Crippen molar-refractivity contribution in [3.05, 3.63) is 84.1 Å². The number of halogens is 1. The van der Waals surface area contributed by atoms with E-state index in [0.717, 1.165) is 21.7 Å². The van der Waals surface area contributed by atoms with Gasteiger partial charge in [-0.15, -0.1) is 0 Å². The van der Waals surface area contributed by atoms with E-state index in [2.05, 4.69) is 5.32 Å². The second kappa shape index (κ2) is 10.5. The molecule has 3 rings (SSSR count). The van der Waals surface area contributed by atoms with Crippen molar-refractivity contribution in [1.82, 2.24) is 5.32 Å². The number of hydrogen-bond donors (Lipinski definition) is 1. The van der Waals surface area contributed by atoms with Crippen molar-refractivity contribution in [3.63, 3.8) is 0 Å². The molecule has 0 aliphatic heterocycles. The van der Waals surface area contributed by atoms with Crippen LogP contribution in [-0.2, 0) is 20.6 Å². The molecule has 0 fully saturated rings. The van der Waals surface area contributed by atoms with Crippen LogP contribution in [0.3, 0.4) is 0 Å². The molecule has 0 unspecified atom stereocenters. The van der Waals surface area contributed by atoms with Crippen LogP contribution in [0.15, 0.2) is 76.2 Å². The average Bonchev–Trinajstić information content (AvgIpc) is 3.26. The number of hydrogen-bond acceptors (Lipinski definition) is 5. The highest BCUT2D eigenvalue weighted by Crippen LogP contribution is 2.26. The molecule has 0 aliphatic carbocycles. The Labute approximate surface area is 185 Å². The van der Waals surface area contributed by atoms with Gasteiger partial charge >= 0.3 is 0 Å². The van der Waals surface area contributed by atoms with Crippen LogP contribution < -0.4 is 9.62 Å². The zero-order chi connectivity index (χ0) is 22.3. The molecule has 31 heavy (non-hydrogen) atoms. The predicted octanol–water partition coefficient (Wildman–Crippen LogP) is 3.97. The Morgan fingerprint density at radius 3 is 2.52 bits per heavy atom. The number of sulfonamides is 1. The van der Waals surface area contributed by atoms with Crippen molar-refractivity contribution in [3.8, 4) is 0 Å². The van der Waals surface area contributed by atoms with Crippen LogP contribution in [0, 0.1) is 12.7 Å². The summed E-state index contributed by atoms with van der Waals surface area (Å²) in [6.07, 6.45) is 1.60. The number of thioether (sulfide) groups is 1. The second-order valence-corrected chi connectivity index (χ2v) is 9.73. The van der Waals surface area contributed by atoms with Gasteiger partial charge in [0.2, 0.25) is 5.91 Å². The minimum atomic E-state index is -4.14. The van der Waals surface area contributed by atoms with Gasteiger partial charge in [-0.25, -0.2) is 12.8 Å². The molecule has 0 aliphatic rings. The monoisotopic (exact) mass is 462 g/mol. The first-order valence-corrected chi connectivity index (χ1v) is 12.2. The number of furan rings is 1. The number of rotatable bonds is 10. The molecule has 0 saturated heterocycles. The van der Waals surface area contributed by atoms with Gasteiger partial charge in [-0.05, 0) is 43.3 Å². The van der Waals surface area contributed by atoms with E-state index in [4.69, 9.17) is 4.42 Å². The third kappa shape index (κ3) is 6.11. The number of para-hydroxylation sites is 1. The van der Waals surface area contributed by atoms with Gasteiger partial charge in [0.1, 0.15) is 18.1 Å². The highest BCUT2D eigenvalue weighted by Gasteiger charge is 2.29. The topological polar surface area (TPSA) is 79.6 Å². The highest BCUT2D eigenvalue weighted by molar-refractivity contribution is 7.98. The number of carbonyl (C=O) groups excluding carboxylic acids is 1. The van der Waals surface area contributed by atoms with E-state index in [1.807, 2.05) is 19.1 Å². The fourth-order valence-corrected chi connectivity index (χ4v) is 4.99. The van der Waals surface area contributed by atoms with Crippen LogP contribution in [0.2, 0.25) is 0 Å². The van der Waals surface area contributed by atoms with Gasteiger partial charge in [-0.3, -0.25) is 9.10 Å². The quantitative estimate of drug-likeness (QED) is 0.461. The molecular weight excluding hydrogens is 439 g/mol. The molecule has 0 saturated carbocycles. The Bertz CT molecular complexity index is 1100. The Kier molecular flexibility index (Phi) is 7.75. The van der Waals surface area contributed by atoms with Crippen molar-refractivity contribution < 1.29 is 22.0 Å². The molecule has 0 bridgehead atoms. The van der Waals surface area contributed by atoms with E-state index < -0.39 is 28.3 Å². The van der Waals surface area contributed by atoms with Gasteiger partial charge in [-0.2, -0.15) is 11.8 Å². The lowest BCUT2D eigenvalue weighted by molar-refractivity contribution is -0.119. The Morgan fingerprint density at radius 1 is 1.10 bits per heavy atom. The van der Waals surface area contributed by atoms with Gasteiger partial charge in [0.05, 0.1) is 22.6 Å². The molecule has 1 aromatic heterocycles. The standard InChI is InChI=1S/C22H23FN2O4S2/c1-17-8-10-19(11-9-17)31(27,28)25(21-7-3-2-6-20(21)23)15-22(26)24-12-14-30-16-18-5-4-13-29-18/h2-11,13H,12,14-16H2,1H3,(H,24,26). The summed E-state index contributed by atoms with van der Waals surface area (Å²) < 4.78 is 46.9. The summed E-state index contributed by atoms with van der Waals surface area (Å²) >= 11 is 1.57. The number of aryl methyl sites for hydroxylation is 1. The molecular formula is C22H23FN2O4S2. The summed E-state index contributed by atoms with van der Waals surface area (Å²) in [4.78, 5) is 12.5. The zero-order valence-corrected chi connectivity index (χ0v) is 18.6. The molecule has 2 aromatic carbocycles. The summed E-state index contributed by atoms with van der Waals surface area (Å²) in [6, 6.07) is 15.4. The molecule has 0 atom stereocenters. The summed E-state index contributed by atoms with van der Waals surface area (Å²) in [5.41, 5.74) is 0.714. The van der Waals surface area contributed by atoms with E-state index in [-0.39, 0.29) is 10.6 Å². The smallest absolute Gasteiger partial charge is 0.264 e. The number of nitrogens with zero attached hydrogens (tertiary/aromatic N) is 1. The number of amides is 1. The SMILES string of the molecule is Cc1ccc(S(=O)(=O)N(CC(=O)NCCSCc2ccco2)c2ccccc2F)cc1. The largest absolute Gasteiger partial charge is 0.468 e. The first-order valence-electron chi connectivity index (χ1n) is 9.58. The first kappa shape index (κ1) is 22.9. The number of benzene rings is 2. The molecule has 164 valence electrons. The third-order valence-electron chi connectivity index (χ3n) is 4.41. The molecule has 6 nitrogen and oxygen atoms in total. The maximum absolute atomic E-state index is 14.4. The minimum absolute atomic E-state index is 0.0110. The third-order valence-corrected chi connectivity index (χ3v) is 7.17. The molecule has 9 heteroatoms. The van der Waals surface area contributed by atoms with E-state index in [1.165, 1.54) is 30.3 Å².